The van der Waals surface area contributed by atoms with Crippen LogP contribution in [-0.4, -0.2) is 38.7 Å². The third-order valence-corrected chi connectivity index (χ3v) is 5.36. The highest BCUT2D eigenvalue weighted by molar-refractivity contribution is 7.09. The number of carbonyl (C=O) groups is 1. The van der Waals surface area contributed by atoms with E-state index in [9.17, 15) is 4.79 Å². The Morgan fingerprint density at radius 1 is 1.48 bits per heavy atom. The van der Waals surface area contributed by atoms with Gasteiger partial charge >= 0.3 is 0 Å². The lowest BCUT2D eigenvalue weighted by Crippen LogP contribution is -2.40. The Labute approximate surface area is 141 Å². The first-order valence-corrected chi connectivity index (χ1v) is 9.24. The molecule has 5 nitrogen and oxygen atoms in total. The molecule has 0 spiro atoms. The molecule has 2 aromatic rings. The number of hydrogen-bond donors (Lipinski definition) is 0. The summed E-state index contributed by atoms with van der Waals surface area (Å²) in [6, 6.07) is 1.96. The molecule has 1 saturated heterocycles. The maximum atomic E-state index is 13.0. The minimum Gasteiger partial charge on any atom is -0.337 e. The van der Waals surface area contributed by atoms with Crippen molar-refractivity contribution in [1.82, 2.24) is 19.7 Å². The third-order valence-electron chi connectivity index (χ3n) is 4.42. The summed E-state index contributed by atoms with van der Waals surface area (Å²) in [5.74, 6) is 0.807. The Hall–Kier alpha value is -1.69. The lowest BCUT2D eigenvalue weighted by molar-refractivity contribution is 0.0694. The minimum absolute atomic E-state index is 0.104. The van der Waals surface area contributed by atoms with E-state index in [2.05, 4.69) is 23.9 Å². The Balaban J connectivity index is 1.79. The topological polar surface area (TPSA) is 51.0 Å². The molecule has 1 aliphatic rings. The number of aromatic nitrogens is 3. The fourth-order valence-electron chi connectivity index (χ4n) is 3.09. The second-order valence-electron chi connectivity index (χ2n) is 6.39. The molecule has 3 heterocycles. The Morgan fingerprint density at radius 3 is 2.96 bits per heavy atom. The number of carbonyl (C=O) groups excluding carboxylic acids is 1. The van der Waals surface area contributed by atoms with Crippen molar-refractivity contribution >= 4 is 17.2 Å². The number of likely N-dealkylation sites (tertiary alicyclic amines) is 1. The minimum atomic E-state index is 0.104. The van der Waals surface area contributed by atoms with Crippen LogP contribution in [0.25, 0.3) is 0 Å². The van der Waals surface area contributed by atoms with Crippen molar-refractivity contribution in [1.29, 1.82) is 0 Å². The van der Waals surface area contributed by atoms with E-state index in [0.29, 0.717) is 11.8 Å². The molecule has 2 aromatic heterocycles. The molecule has 0 N–H and O–H groups in total. The van der Waals surface area contributed by atoms with Gasteiger partial charge in [-0.2, -0.15) is 5.10 Å². The van der Waals surface area contributed by atoms with E-state index in [1.54, 1.807) is 11.3 Å². The molecule has 1 aliphatic heterocycles. The van der Waals surface area contributed by atoms with Gasteiger partial charge in [0.2, 0.25) is 0 Å². The number of rotatable bonds is 4. The first-order valence-electron chi connectivity index (χ1n) is 8.36. The summed E-state index contributed by atoms with van der Waals surface area (Å²) in [6.45, 7) is 8.55. The zero-order chi connectivity index (χ0) is 16.4. The zero-order valence-electron chi connectivity index (χ0n) is 14.0. The summed E-state index contributed by atoms with van der Waals surface area (Å²) in [7, 11) is 0. The molecule has 1 fully saturated rings. The van der Waals surface area contributed by atoms with Gasteiger partial charge in [-0.1, -0.05) is 13.8 Å². The van der Waals surface area contributed by atoms with Crippen LogP contribution in [0.15, 0.2) is 17.6 Å². The highest BCUT2D eigenvalue weighted by Crippen LogP contribution is 2.29. The molecule has 0 aromatic carbocycles. The Bertz CT molecular complexity index is 662. The fraction of sp³-hybridized carbons (Fsp3) is 0.588. The van der Waals surface area contributed by atoms with Crippen LogP contribution in [0.5, 0.6) is 0 Å². The quantitative estimate of drug-likeness (QED) is 0.861. The van der Waals surface area contributed by atoms with Gasteiger partial charge < -0.3 is 4.90 Å². The summed E-state index contributed by atoms with van der Waals surface area (Å²) in [4.78, 5) is 19.4. The maximum Gasteiger partial charge on any atom is 0.272 e. The number of nitrogens with zero attached hydrogens (tertiary/aromatic N) is 4. The van der Waals surface area contributed by atoms with Crippen LogP contribution in [-0.2, 0) is 6.54 Å². The van der Waals surface area contributed by atoms with Crippen LogP contribution in [0.3, 0.4) is 0 Å². The molecule has 1 atom stereocenters. The first-order chi connectivity index (χ1) is 11.1. The molecule has 124 valence electrons. The van der Waals surface area contributed by atoms with Gasteiger partial charge in [-0.15, -0.1) is 11.3 Å². The Morgan fingerprint density at radius 2 is 2.30 bits per heavy atom. The molecule has 0 unspecified atom stereocenters. The fourth-order valence-corrected chi connectivity index (χ4v) is 3.86. The number of amides is 1. The van der Waals surface area contributed by atoms with Gasteiger partial charge in [0.25, 0.3) is 5.91 Å². The molecule has 0 bridgehead atoms. The van der Waals surface area contributed by atoms with Gasteiger partial charge in [0.05, 0.1) is 10.7 Å². The summed E-state index contributed by atoms with van der Waals surface area (Å²) in [6.07, 6.45) is 4.00. The smallest absolute Gasteiger partial charge is 0.272 e. The number of aryl methyl sites for hydroxylation is 1. The SMILES string of the molecule is CCn1nc(C(C)C)cc1C(=O)N1CCC[C@H](c2nccs2)C1. The van der Waals surface area contributed by atoms with Gasteiger partial charge in [0, 0.05) is 37.1 Å². The average Bonchev–Trinajstić information content (AvgIpc) is 3.23. The lowest BCUT2D eigenvalue weighted by Gasteiger charge is -2.31. The van der Waals surface area contributed by atoms with Gasteiger partial charge in [0.1, 0.15) is 5.69 Å². The van der Waals surface area contributed by atoms with Crippen molar-refractivity contribution in [2.45, 2.75) is 52.0 Å². The lowest BCUT2D eigenvalue weighted by atomic mass is 9.98. The molecular weight excluding hydrogens is 308 g/mol. The normalized spacial score (nSPS) is 18.6. The molecule has 1 amide bonds. The van der Waals surface area contributed by atoms with E-state index < -0.39 is 0 Å². The van der Waals surface area contributed by atoms with Crippen LogP contribution in [0.2, 0.25) is 0 Å². The third kappa shape index (κ3) is 3.32. The van der Waals surface area contributed by atoms with Crippen molar-refractivity contribution in [2.75, 3.05) is 13.1 Å². The van der Waals surface area contributed by atoms with Crippen LogP contribution < -0.4 is 0 Å². The van der Waals surface area contributed by atoms with Crippen LogP contribution in [0.1, 0.15) is 66.6 Å². The molecule has 0 aliphatic carbocycles. The predicted molar refractivity (Wildman–Crippen MR) is 92.0 cm³/mol. The first kappa shape index (κ1) is 16.2. The second-order valence-corrected chi connectivity index (χ2v) is 7.31. The number of piperidine rings is 1. The van der Waals surface area contributed by atoms with Crippen molar-refractivity contribution < 1.29 is 4.79 Å². The summed E-state index contributed by atoms with van der Waals surface area (Å²) < 4.78 is 1.84. The zero-order valence-corrected chi connectivity index (χ0v) is 14.8. The van der Waals surface area contributed by atoms with Gasteiger partial charge in [-0.05, 0) is 31.7 Å². The highest BCUT2D eigenvalue weighted by Gasteiger charge is 2.28. The highest BCUT2D eigenvalue weighted by atomic mass is 32.1. The van der Waals surface area contributed by atoms with Gasteiger partial charge in [-0.25, -0.2) is 4.98 Å². The van der Waals surface area contributed by atoms with Crippen LogP contribution in [0, 0.1) is 0 Å². The van der Waals surface area contributed by atoms with Gasteiger partial charge in [0.15, 0.2) is 0 Å². The van der Waals surface area contributed by atoms with Crippen molar-refractivity contribution in [3.8, 4) is 0 Å². The van der Waals surface area contributed by atoms with Crippen molar-refractivity contribution in [2.24, 2.45) is 0 Å². The molecule has 0 saturated carbocycles. The largest absolute Gasteiger partial charge is 0.337 e. The summed E-state index contributed by atoms with van der Waals surface area (Å²) in [5, 5.41) is 7.73. The standard InChI is InChI=1S/C17H24N4OS/c1-4-21-15(10-14(19-21)12(2)3)17(22)20-8-5-6-13(11-20)16-18-7-9-23-16/h7,9-10,12-13H,4-6,8,11H2,1-3H3/t13-/m0/s1. The van der Waals surface area contributed by atoms with Gasteiger partial charge in [-0.3, -0.25) is 9.48 Å². The summed E-state index contributed by atoms with van der Waals surface area (Å²) >= 11 is 1.69. The molecule has 0 radical (unpaired) electrons. The maximum absolute atomic E-state index is 13.0. The van der Waals surface area contributed by atoms with E-state index in [1.807, 2.05) is 34.1 Å². The van der Waals surface area contributed by atoms with E-state index in [-0.39, 0.29) is 5.91 Å². The van der Waals surface area contributed by atoms with Crippen LogP contribution >= 0.6 is 11.3 Å². The second kappa shape index (κ2) is 6.83. The van der Waals surface area contributed by atoms with Crippen molar-refractivity contribution in [3.63, 3.8) is 0 Å². The van der Waals surface area contributed by atoms with E-state index >= 15 is 0 Å². The van der Waals surface area contributed by atoms with Crippen LogP contribution in [0.4, 0.5) is 0 Å². The molecular formula is C17H24N4OS. The average molecular weight is 332 g/mol. The molecule has 6 heteroatoms. The van der Waals surface area contributed by atoms with E-state index in [0.717, 1.165) is 48.9 Å². The molecule has 23 heavy (non-hydrogen) atoms. The van der Waals surface area contributed by atoms with Crippen molar-refractivity contribution in [3.05, 3.63) is 34.0 Å². The predicted octanol–water partition coefficient (Wildman–Crippen LogP) is 3.50. The van der Waals surface area contributed by atoms with E-state index in [1.165, 1.54) is 0 Å². The number of hydrogen-bond acceptors (Lipinski definition) is 4. The Kier molecular flexibility index (Phi) is 4.80. The summed E-state index contributed by atoms with van der Waals surface area (Å²) in [5.41, 5.74) is 1.71. The number of thiazole rings is 1. The van der Waals surface area contributed by atoms with E-state index in [4.69, 9.17) is 0 Å². The molecule has 3 rings (SSSR count). The monoisotopic (exact) mass is 332 g/mol.